The standard InChI is InChI=1S/C9H14O6.C2H4O2.H2O/c1-6(10)13-4-9(15-8(3)12)5-14-7(2)11;1-2(3)4;/h9H,4-5H2,1-3H3;1H3,(H,3,4);1H2. The van der Waals surface area contributed by atoms with Crippen molar-refractivity contribution in [3.63, 3.8) is 0 Å². The van der Waals surface area contributed by atoms with Crippen LogP contribution in [0.2, 0.25) is 0 Å². The van der Waals surface area contributed by atoms with E-state index in [0.717, 1.165) is 6.92 Å². The molecule has 0 aliphatic heterocycles. The molecule has 118 valence electrons. The van der Waals surface area contributed by atoms with Gasteiger partial charge in [0.2, 0.25) is 0 Å². The molecule has 0 bridgehead atoms. The summed E-state index contributed by atoms with van der Waals surface area (Å²) in [6.07, 6.45) is -0.754. The van der Waals surface area contributed by atoms with Crippen molar-refractivity contribution in [2.75, 3.05) is 13.2 Å². The third kappa shape index (κ3) is 24.9. The molecule has 0 atom stereocenters. The van der Waals surface area contributed by atoms with Gasteiger partial charge in [-0.3, -0.25) is 19.2 Å². The molecule has 20 heavy (non-hydrogen) atoms. The molecule has 9 nitrogen and oxygen atoms in total. The van der Waals surface area contributed by atoms with Gasteiger partial charge in [-0.2, -0.15) is 0 Å². The lowest BCUT2D eigenvalue weighted by Gasteiger charge is -2.15. The Morgan fingerprint density at radius 1 is 0.850 bits per heavy atom. The van der Waals surface area contributed by atoms with Crippen molar-refractivity contribution in [2.24, 2.45) is 0 Å². The highest BCUT2D eigenvalue weighted by atomic mass is 16.6. The molecule has 3 N–H and O–H groups in total. The maximum atomic E-state index is 10.6. The van der Waals surface area contributed by atoms with Crippen LogP contribution >= 0.6 is 0 Å². The number of carbonyl (C=O) groups excluding carboxylic acids is 3. The predicted molar refractivity (Wildman–Crippen MR) is 65.7 cm³/mol. The summed E-state index contributed by atoms with van der Waals surface area (Å²) in [5, 5.41) is 7.42. The first-order chi connectivity index (χ1) is 8.65. The molecule has 0 fully saturated rings. The lowest BCUT2D eigenvalue weighted by atomic mass is 10.4. The molecule has 0 saturated heterocycles. The smallest absolute Gasteiger partial charge is 0.303 e. The van der Waals surface area contributed by atoms with E-state index in [4.69, 9.17) is 14.6 Å². The number of esters is 3. The summed E-state index contributed by atoms with van der Waals surface area (Å²) in [5.74, 6) is -2.34. The van der Waals surface area contributed by atoms with E-state index in [1.54, 1.807) is 0 Å². The molecular formula is C11H20O9. The van der Waals surface area contributed by atoms with E-state index in [1.807, 2.05) is 0 Å². The minimum Gasteiger partial charge on any atom is -0.481 e. The van der Waals surface area contributed by atoms with Crippen LogP contribution in [0.25, 0.3) is 0 Å². The number of aliphatic carboxylic acids is 1. The molecule has 0 amide bonds. The summed E-state index contributed by atoms with van der Waals surface area (Å²) >= 11 is 0. The Morgan fingerprint density at radius 3 is 1.35 bits per heavy atom. The number of carboxylic acid groups (broad SMARTS) is 1. The van der Waals surface area contributed by atoms with Crippen LogP contribution in [0.3, 0.4) is 0 Å². The van der Waals surface area contributed by atoms with Crippen molar-refractivity contribution >= 4 is 23.9 Å². The molecule has 0 saturated carbocycles. The Balaban J connectivity index is -0.000000508. The van der Waals surface area contributed by atoms with Crippen LogP contribution in [0.4, 0.5) is 0 Å². The molecule has 0 aromatic rings. The molecule has 0 spiro atoms. The Bertz CT molecular complexity index is 302. The quantitative estimate of drug-likeness (QED) is 0.517. The van der Waals surface area contributed by atoms with Gasteiger partial charge in [0.15, 0.2) is 6.10 Å². The van der Waals surface area contributed by atoms with E-state index in [1.165, 1.54) is 20.8 Å². The van der Waals surface area contributed by atoms with Gasteiger partial charge in [-0.05, 0) is 0 Å². The zero-order valence-corrected chi connectivity index (χ0v) is 11.8. The van der Waals surface area contributed by atoms with Gasteiger partial charge in [0.1, 0.15) is 13.2 Å². The largest absolute Gasteiger partial charge is 0.481 e. The monoisotopic (exact) mass is 296 g/mol. The van der Waals surface area contributed by atoms with E-state index in [9.17, 15) is 14.4 Å². The van der Waals surface area contributed by atoms with Gasteiger partial charge in [-0.1, -0.05) is 0 Å². The lowest BCUT2D eigenvalue weighted by molar-refractivity contribution is -0.163. The molecule has 0 aromatic carbocycles. The van der Waals surface area contributed by atoms with Crippen molar-refractivity contribution in [1.82, 2.24) is 0 Å². The molecule has 0 rings (SSSR count). The van der Waals surface area contributed by atoms with Crippen molar-refractivity contribution in [2.45, 2.75) is 33.8 Å². The van der Waals surface area contributed by atoms with Crippen LogP contribution < -0.4 is 0 Å². The summed E-state index contributed by atoms with van der Waals surface area (Å²) in [4.78, 5) is 40.6. The van der Waals surface area contributed by atoms with Crippen LogP contribution in [-0.4, -0.2) is 53.8 Å². The number of rotatable bonds is 5. The van der Waals surface area contributed by atoms with Gasteiger partial charge < -0.3 is 24.8 Å². The second kappa shape index (κ2) is 13.3. The van der Waals surface area contributed by atoms with E-state index < -0.39 is 30.0 Å². The molecule has 0 radical (unpaired) electrons. The second-order valence-corrected chi connectivity index (χ2v) is 3.36. The molecule has 0 aliphatic carbocycles. The fourth-order valence-corrected chi connectivity index (χ4v) is 0.771. The third-order valence-electron chi connectivity index (χ3n) is 1.28. The highest BCUT2D eigenvalue weighted by molar-refractivity contribution is 5.67. The normalized spacial score (nSPS) is 8.45. The molecule has 0 aromatic heterocycles. The third-order valence-corrected chi connectivity index (χ3v) is 1.28. The summed E-state index contributed by atoms with van der Waals surface area (Å²) in [7, 11) is 0. The van der Waals surface area contributed by atoms with Gasteiger partial charge in [0.05, 0.1) is 0 Å². The number of hydrogen-bond donors (Lipinski definition) is 1. The van der Waals surface area contributed by atoms with Gasteiger partial charge in [-0.15, -0.1) is 0 Å². The van der Waals surface area contributed by atoms with E-state index in [0.29, 0.717) is 0 Å². The van der Waals surface area contributed by atoms with Crippen molar-refractivity contribution in [3.05, 3.63) is 0 Å². The average molecular weight is 296 g/mol. The van der Waals surface area contributed by atoms with Gasteiger partial charge in [0.25, 0.3) is 5.97 Å². The number of carbonyl (C=O) groups is 4. The van der Waals surface area contributed by atoms with Crippen LogP contribution in [-0.2, 0) is 33.4 Å². The molecule has 0 unspecified atom stereocenters. The first-order valence-electron chi connectivity index (χ1n) is 5.28. The maximum absolute atomic E-state index is 10.6. The number of carboxylic acids is 1. The Labute approximate surface area is 116 Å². The topological polar surface area (TPSA) is 148 Å². The predicted octanol–water partition coefficient (Wildman–Crippen LogP) is -0.690. The average Bonchev–Trinajstić information content (AvgIpc) is 2.20. The SMILES string of the molecule is CC(=O)O.CC(=O)OCC(COC(C)=O)OC(C)=O.O. The van der Waals surface area contributed by atoms with Crippen molar-refractivity contribution in [3.8, 4) is 0 Å². The Hall–Kier alpha value is -2.16. The summed E-state index contributed by atoms with van der Waals surface area (Å²) in [6, 6.07) is 0. The molecule has 0 heterocycles. The molecule has 9 heteroatoms. The molecule has 0 aliphatic rings. The van der Waals surface area contributed by atoms with E-state index in [-0.39, 0.29) is 18.7 Å². The fraction of sp³-hybridized carbons (Fsp3) is 0.636. The summed E-state index contributed by atoms with van der Waals surface area (Å²) in [6.45, 7) is 4.52. The van der Waals surface area contributed by atoms with Crippen LogP contribution in [0.1, 0.15) is 27.7 Å². The summed E-state index contributed by atoms with van der Waals surface area (Å²) < 4.78 is 14.0. The zero-order chi connectivity index (χ0) is 15.4. The highest BCUT2D eigenvalue weighted by Gasteiger charge is 2.15. The van der Waals surface area contributed by atoms with Crippen LogP contribution in [0.15, 0.2) is 0 Å². The van der Waals surface area contributed by atoms with E-state index in [2.05, 4.69) is 9.47 Å². The van der Waals surface area contributed by atoms with E-state index >= 15 is 0 Å². The minimum absolute atomic E-state index is 0. The van der Waals surface area contributed by atoms with Gasteiger partial charge in [0, 0.05) is 27.7 Å². The minimum atomic E-state index is -0.833. The van der Waals surface area contributed by atoms with Crippen molar-refractivity contribution in [1.29, 1.82) is 0 Å². The number of ether oxygens (including phenoxy) is 3. The van der Waals surface area contributed by atoms with Gasteiger partial charge >= 0.3 is 17.9 Å². The van der Waals surface area contributed by atoms with Crippen LogP contribution in [0.5, 0.6) is 0 Å². The Morgan fingerprint density at radius 2 is 1.15 bits per heavy atom. The van der Waals surface area contributed by atoms with Gasteiger partial charge in [-0.25, -0.2) is 0 Å². The highest BCUT2D eigenvalue weighted by Crippen LogP contribution is 1.97. The first-order valence-corrected chi connectivity index (χ1v) is 5.28. The lowest BCUT2D eigenvalue weighted by Crippen LogP contribution is -2.29. The summed E-state index contributed by atoms with van der Waals surface area (Å²) in [5.41, 5.74) is 0. The first kappa shape index (κ1) is 23.0. The van der Waals surface area contributed by atoms with Crippen LogP contribution in [0, 0.1) is 0 Å². The second-order valence-electron chi connectivity index (χ2n) is 3.36. The fourth-order valence-electron chi connectivity index (χ4n) is 0.771. The molecular weight excluding hydrogens is 276 g/mol. The Kier molecular flexibility index (Phi) is 15.2. The van der Waals surface area contributed by atoms with Crippen molar-refractivity contribution < 1.29 is 44.0 Å². The maximum Gasteiger partial charge on any atom is 0.303 e. The number of hydrogen-bond acceptors (Lipinski definition) is 7. The zero-order valence-electron chi connectivity index (χ0n) is 11.8.